The molecule has 1 heterocycles. The van der Waals surface area contributed by atoms with Crippen LogP contribution in [0.1, 0.15) is 37.9 Å². The van der Waals surface area contributed by atoms with Crippen LogP contribution < -0.4 is 5.32 Å². The lowest BCUT2D eigenvalue weighted by Gasteiger charge is -2.23. The van der Waals surface area contributed by atoms with Gasteiger partial charge in [-0.05, 0) is 31.9 Å². The van der Waals surface area contributed by atoms with E-state index >= 15 is 0 Å². The van der Waals surface area contributed by atoms with Crippen molar-refractivity contribution in [2.45, 2.75) is 38.3 Å². The molecular formula is C14H19NO2. The third-order valence-electron chi connectivity index (χ3n) is 3.16. The average Bonchev–Trinajstić information content (AvgIpc) is 2.40. The number of hydrogen-bond donors (Lipinski definition) is 1. The van der Waals surface area contributed by atoms with E-state index in [1.165, 1.54) is 0 Å². The lowest BCUT2D eigenvalue weighted by Crippen LogP contribution is -2.41. The van der Waals surface area contributed by atoms with Gasteiger partial charge in [0, 0.05) is 0 Å². The van der Waals surface area contributed by atoms with Crippen molar-refractivity contribution in [2.24, 2.45) is 0 Å². The highest BCUT2D eigenvalue weighted by atomic mass is 16.5. The van der Waals surface area contributed by atoms with E-state index in [0.29, 0.717) is 0 Å². The number of carbonyl (C=O) groups excluding carboxylic acids is 1. The molecule has 1 aromatic carbocycles. The van der Waals surface area contributed by atoms with Crippen LogP contribution in [-0.2, 0) is 9.53 Å². The van der Waals surface area contributed by atoms with Crippen molar-refractivity contribution < 1.29 is 9.53 Å². The van der Waals surface area contributed by atoms with E-state index in [1.54, 1.807) is 0 Å². The Morgan fingerprint density at radius 2 is 2.12 bits per heavy atom. The number of nitrogens with one attached hydrogen (secondary N) is 1. The number of piperidine rings is 1. The summed E-state index contributed by atoms with van der Waals surface area (Å²) in [6.07, 6.45) is 2.97. The third kappa shape index (κ3) is 3.30. The first kappa shape index (κ1) is 12.1. The van der Waals surface area contributed by atoms with Gasteiger partial charge in [0.1, 0.15) is 12.1 Å². The van der Waals surface area contributed by atoms with Crippen LogP contribution in [0.5, 0.6) is 0 Å². The fourth-order valence-electron chi connectivity index (χ4n) is 2.10. The minimum absolute atomic E-state index is 0.116. The van der Waals surface area contributed by atoms with Crippen LogP contribution >= 0.6 is 0 Å². The maximum atomic E-state index is 11.9. The Kier molecular flexibility index (Phi) is 4.15. The number of rotatable bonds is 3. The molecule has 0 aliphatic carbocycles. The molecule has 1 N–H and O–H groups in total. The average molecular weight is 233 g/mol. The van der Waals surface area contributed by atoms with E-state index in [1.807, 2.05) is 37.3 Å². The first-order valence-electron chi connectivity index (χ1n) is 6.26. The Hall–Kier alpha value is -1.35. The lowest BCUT2D eigenvalue weighted by atomic mass is 10.1. The SMILES string of the molecule is CC(OC(=O)[C@@H]1CCCCN1)c1ccccc1. The minimum atomic E-state index is -0.174. The lowest BCUT2D eigenvalue weighted by molar-refractivity contribution is -0.151. The van der Waals surface area contributed by atoms with Gasteiger partial charge in [-0.25, -0.2) is 0 Å². The van der Waals surface area contributed by atoms with Crippen LogP contribution in [-0.4, -0.2) is 18.6 Å². The summed E-state index contributed by atoms with van der Waals surface area (Å²) < 4.78 is 5.47. The second-order valence-electron chi connectivity index (χ2n) is 4.49. The molecule has 0 radical (unpaired) electrons. The first-order chi connectivity index (χ1) is 8.27. The van der Waals surface area contributed by atoms with Gasteiger partial charge in [-0.1, -0.05) is 36.8 Å². The number of ether oxygens (including phenoxy) is 1. The van der Waals surface area contributed by atoms with E-state index in [4.69, 9.17) is 4.74 Å². The van der Waals surface area contributed by atoms with E-state index in [-0.39, 0.29) is 18.1 Å². The Morgan fingerprint density at radius 3 is 2.76 bits per heavy atom. The van der Waals surface area contributed by atoms with Gasteiger partial charge in [0.2, 0.25) is 0 Å². The number of hydrogen-bond acceptors (Lipinski definition) is 3. The topological polar surface area (TPSA) is 38.3 Å². The van der Waals surface area contributed by atoms with Gasteiger partial charge in [0.25, 0.3) is 0 Å². The van der Waals surface area contributed by atoms with Gasteiger partial charge >= 0.3 is 5.97 Å². The van der Waals surface area contributed by atoms with E-state index < -0.39 is 0 Å². The molecule has 1 fully saturated rings. The largest absolute Gasteiger partial charge is 0.457 e. The molecular weight excluding hydrogens is 214 g/mol. The summed E-state index contributed by atoms with van der Waals surface area (Å²) in [5.41, 5.74) is 1.04. The van der Waals surface area contributed by atoms with Gasteiger partial charge in [-0.2, -0.15) is 0 Å². The summed E-state index contributed by atoms with van der Waals surface area (Å²) in [5, 5.41) is 3.20. The smallest absolute Gasteiger partial charge is 0.323 e. The Balaban J connectivity index is 1.89. The summed E-state index contributed by atoms with van der Waals surface area (Å²) in [7, 11) is 0. The molecule has 0 saturated carbocycles. The molecule has 2 atom stereocenters. The van der Waals surface area contributed by atoms with E-state index in [9.17, 15) is 4.79 Å². The second kappa shape index (κ2) is 5.82. The molecule has 92 valence electrons. The summed E-state index contributed by atoms with van der Waals surface area (Å²) in [4.78, 5) is 11.9. The maximum Gasteiger partial charge on any atom is 0.323 e. The molecule has 1 unspecified atom stereocenters. The van der Waals surface area contributed by atoms with Crippen molar-refractivity contribution in [2.75, 3.05) is 6.54 Å². The monoisotopic (exact) mass is 233 g/mol. The molecule has 0 aromatic heterocycles. The molecule has 2 rings (SSSR count). The normalized spacial score (nSPS) is 21.8. The molecule has 1 saturated heterocycles. The fourth-order valence-corrected chi connectivity index (χ4v) is 2.10. The fraction of sp³-hybridized carbons (Fsp3) is 0.500. The molecule has 1 aliphatic rings. The third-order valence-corrected chi connectivity index (χ3v) is 3.16. The summed E-state index contributed by atoms with van der Waals surface area (Å²) in [5.74, 6) is -0.124. The second-order valence-corrected chi connectivity index (χ2v) is 4.49. The van der Waals surface area contributed by atoms with Crippen LogP contribution in [0.3, 0.4) is 0 Å². The van der Waals surface area contributed by atoms with Gasteiger partial charge in [0.05, 0.1) is 0 Å². The maximum absolute atomic E-state index is 11.9. The van der Waals surface area contributed by atoms with Gasteiger partial charge in [0.15, 0.2) is 0 Å². The zero-order valence-corrected chi connectivity index (χ0v) is 10.2. The first-order valence-corrected chi connectivity index (χ1v) is 6.26. The zero-order valence-electron chi connectivity index (χ0n) is 10.2. The highest BCUT2D eigenvalue weighted by Gasteiger charge is 2.23. The van der Waals surface area contributed by atoms with Crippen molar-refractivity contribution in [1.82, 2.24) is 5.32 Å². The Labute approximate surface area is 102 Å². The summed E-state index contributed by atoms with van der Waals surface area (Å²) >= 11 is 0. The van der Waals surface area contributed by atoms with Crippen LogP contribution in [0.25, 0.3) is 0 Å². The molecule has 1 aliphatic heterocycles. The minimum Gasteiger partial charge on any atom is -0.457 e. The Bertz CT molecular complexity index is 358. The predicted octanol–water partition coefficient (Wildman–Crippen LogP) is 2.43. The molecule has 0 spiro atoms. The van der Waals surface area contributed by atoms with Crippen LogP contribution in [0, 0.1) is 0 Å². The summed E-state index contributed by atoms with van der Waals surface area (Å²) in [6, 6.07) is 9.71. The van der Waals surface area contributed by atoms with Gasteiger partial charge < -0.3 is 10.1 Å². The van der Waals surface area contributed by atoms with Crippen LogP contribution in [0.2, 0.25) is 0 Å². The van der Waals surface area contributed by atoms with Crippen molar-refractivity contribution in [1.29, 1.82) is 0 Å². The highest BCUT2D eigenvalue weighted by Crippen LogP contribution is 2.18. The van der Waals surface area contributed by atoms with E-state index in [2.05, 4.69) is 5.32 Å². The Morgan fingerprint density at radius 1 is 1.35 bits per heavy atom. The molecule has 17 heavy (non-hydrogen) atoms. The van der Waals surface area contributed by atoms with Crippen molar-refractivity contribution in [3.8, 4) is 0 Å². The molecule has 3 heteroatoms. The summed E-state index contributed by atoms with van der Waals surface area (Å²) in [6.45, 7) is 2.83. The van der Waals surface area contributed by atoms with Crippen LogP contribution in [0.4, 0.5) is 0 Å². The molecule has 0 amide bonds. The van der Waals surface area contributed by atoms with Gasteiger partial charge in [-0.15, -0.1) is 0 Å². The van der Waals surface area contributed by atoms with Crippen molar-refractivity contribution in [3.63, 3.8) is 0 Å². The number of carbonyl (C=O) groups is 1. The molecule has 1 aromatic rings. The van der Waals surface area contributed by atoms with Crippen LogP contribution in [0.15, 0.2) is 30.3 Å². The van der Waals surface area contributed by atoms with Gasteiger partial charge in [-0.3, -0.25) is 4.79 Å². The van der Waals surface area contributed by atoms with E-state index in [0.717, 1.165) is 31.4 Å². The quantitative estimate of drug-likeness (QED) is 0.815. The zero-order chi connectivity index (χ0) is 12.1. The van der Waals surface area contributed by atoms with Crippen molar-refractivity contribution >= 4 is 5.97 Å². The van der Waals surface area contributed by atoms with Crippen molar-refractivity contribution in [3.05, 3.63) is 35.9 Å². The molecule has 3 nitrogen and oxygen atoms in total. The number of benzene rings is 1. The molecule has 0 bridgehead atoms. The standard InChI is InChI=1S/C14H19NO2/c1-11(12-7-3-2-4-8-12)17-14(16)13-9-5-6-10-15-13/h2-4,7-8,11,13,15H,5-6,9-10H2,1H3/t11?,13-/m0/s1. The predicted molar refractivity (Wildman–Crippen MR) is 66.6 cm³/mol. The number of esters is 1. The highest BCUT2D eigenvalue weighted by molar-refractivity contribution is 5.76.